The molecule has 0 amide bonds. The van der Waals surface area contributed by atoms with Gasteiger partial charge in [-0.2, -0.15) is 0 Å². The maximum atomic E-state index is 5.54. The van der Waals surface area contributed by atoms with E-state index in [1.165, 1.54) is 11.5 Å². The van der Waals surface area contributed by atoms with E-state index < -0.39 is 0 Å². The molecule has 2 rings (SSSR count). The van der Waals surface area contributed by atoms with Crippen LogP contribution in [0.15, 0.2) is 24.3 Å². The highest BCUT2D eigenvalue weighted by Gasteiger charge is 2.09. The normalized spacial score (nSPS) is 10.4. The second-order valence-corrected chi connectivity index (χ2v) is 4.15. The van der Waals surface area contributed by atoms with E-state index >= 15 is 0 Å². The smallest absolute Gasteiger partial charge is 0.118 e. The predicted octanol–water partition coefficient (Wildman–Crippen LogP) is 1.71. The van der Waals surface area contributed by atoms with Gasteiger partial charge in [0.1, 0.15) is 11.4 Å². The summed E-state index contributed by atoms with van der Waals surface area (Å²) in [5.74, 6) is 0.840. The number of methoxy groups -OCH3 is 1. The largest absolute Gasteiger partial charge is 0.497 e. The lowest BCUT2D eigenvalue weighted by Gasteiger charge is -2.02. The van der Waals surface area contributed by atoms with Crippen molar-refractivity contribution in [1.29, 1.82) is 0 Å². The molecule has 0 atom stereocenters. The van der Waals surface area contributed by atoms with E-state index in [9.17, 15) is 0 Å². The van der Waals surface area contributed by atoms with E-state index in [1.54, 1.807) is 7.11 Å². The number of hydrogen-bond donors (Lipinski definition) is 1. The fourth-order valence-electron chi connectivity index (χ4n) is 1.47. The molecule has 2 N–H and O–H groups in total. The number of nitrogens with zero attached hydrogens (tertiary/aromatic N) is 2. The van der Waals surface area contributed by atoms with Crippen LogP contribution in [0.3, 0.4) is 0 Å². The molecule has 0 aliphatic rings. The van der Waals surface area contributed by atoms with Crippen molar-refractivity contribution in [1.82, 2.24) is 9.59 Å². The van der Waals surface area contributed by atoms with Gasteiger partial charge >= 0.3 is 0 Å². The van der Waals surface area contributed by atoms with Crippen molar-refractivity contribution >= 4 is 11.5 Å². The van der Waals surface area contributed by atoms with Crippen LogP contribution in [0.5, 0.6) is 5.75 Å². The molecule has 0 saturated heterocycles. The van der Waals surface area contributed by atoms with E-state index in [1.807, 2.05) is 24.3 Å². The highest BCUT2D eigenvalue weighted by molar-refractivity contribution is 7.06. The van der Waals surface area contributed by atoms with Gasteiger partial charge in [0.15, 0.2) is 0 Å². The molecule has 0 bridgehead atoms. The molecule has 1 heterocycles. The van der Waals surface area contributed by atoms with Crippen molar-refractivity contribution in [2.75, 3.05) is 13.7 Å². The molecule has 84 valence electrons. The third kappa shape index (κ3) is 2.20. The van der Waals surface area contributed by atoms with Gasteiger partial charge in [0.2, 0.25) is 0 Å². The maximum Gasteiger partial charge on any atom is 0.118 e. The molecule has 0 saturated carbocycles. The highest BCUT2D eigenvalue weighted by atomic mass is 32.1. The van der Waals surface area contributed by atoms with Gasteiger partial charge in [-0.1, -0.05) is 4.49 Å². The second-order valence-electron chi connectivity index (χ2n) is 3.31. The van der Waals surface area contributed by atoms with Crippen LogP contribution in [-0.2, 0) is 6.42 Å². The molecule has 4 nitrogen and oxygen atoms in total. The first-order valence-corrected chi connectivity index (χ1v) is 5.78. The Labute approximate surface area is 98.2 Å². The van der Waals surface area contributed by atoms with E-state index in [0.717, 1.165) is 28.3 Å². The third-order valence-electron chi connectivity index (χ3n) is 2.29. The molecule has 2 aromatic rings. The molecule has 0 spiro atoms. The van der Waals surface area contributed by atoms with E-state index in [0.29, 0.717) is 6.54 Å². The summed E-state index contributed by atoms with van der Waals surface area (Å²) in [6.07, 6.45) is 0.818. The van der Waals surface area contributed by atoms with Gasteiger partial charge in [-0.15, -0.1) is 5.10 Å². The molecular weight excluding hydrogens is 222 g/mol. The zero-order valence-corrected chi connectivity index (χ0v) is 9.83. The lowest BCUT2D eigenvalue weighted by atomic mass is 10.1. The first kappa shape index (κ1) is 11.0. The fraction of sp³-hybridized carbons (Fsp3) is 0.273. The Kier molecular flexibility index (Phi) is 3.48. The molecule has 0 radical (unpaired) electrons. The zero-order chi connectivity index (χ0) is 11.4. The summed E-state index contributed by atoms with van der Waals surface area (Å²) in [7, 11) is 1.65. The van der Waals surface area contributed by atoms with Crippen LogP contribution >= 0.6 is 11.5 Å². The van der Waals surface area contributed by atoms with Gasteiger partial charge in [-0.25, -0.2) is 0 Å². The van der Waals surface area contributed by atoms with Gasteiger partial charge in [0.25, 0.3) is 0 Å². The van der Waals surface area contributed by atoms with Crippen LogP contribution in [-0.4, -0.2) is 23.2 Å². The van der Waals surface area contributed by atoms with Crippen LogP contribution in [0, 0.1) is 0 Å². The quantitative estimate of drug-likeness (QED) is 0.876. The summed E-state index contributed by atoms with van der Waals surface area (Å²) in [6, 6.07) is 7.80. The summed E-state index contributed by atoms with van der Waals surface area (Å²) in [5, 5.41) is 4.13. The minimum atomic E-state index is 0.618. The summed E-state index contributed by atoms with van der Waals surface area (Å²) in [5.41, 5.74) is 7.53. The number of aromatic nitrogens is 2. The number of hydrogen-bond acceptors (Lipinski definition) is 5. The molecule has 0 unspecified atom stereocenters. The third-order valence-corrected chi connectivity index (χ3v) is 3.07. The molecular formula is C11H13N3OS. The van der Waals surface area contributed by atoms with E-state index in [4.69, 9.17) is 10.5 Å². The molecule has 0 aliphatic heterocycles. The molecule has 1 aromatic heterocycles. The fourth-order valence-corrected chi connectivity index (χ4v) is 2.15. The van der Waals surface area contributed by atoms with Gasteiger partial charge in [-0.05, 0) is 48.8 Å². The van der Waals surface area contributed by atoms with Crippen LogP contribution in [0.1, 0.15) is 4.88 Å². The lowest BCUT2D eigenvalue weighted by molar-refractivity contribution is 0.415. The zero-order valence-electron chi connectivity index (χ0n) is 9.01. The van der Waals surface area contributed by atoms with Crippen LogP contribution < -0.4 is 10.5 Å². The first-order valence-electron chi connectivity index (χ1n) is 5.01. The first-order chi connectivity index (χ1) is 7.85. The predicted molar refractivity (Wildman–Crippen MR) is 64.7 cm³/mol. The van der Waals surface area contributed by atoms with Gasteiger partial charge in [-0.3, -0.25) is 0 Å². The molecule has 5 heteroatoms. The Bertz CT molecular complexity index is 453. The Morgan fingerprint density at radius 1 is 1.31 bits per heavy atom. The molecule has 1 aromatic carbocycles. The van der Waals surface area contributed by atoms with Gasteiger partial charge in [0.05, 0.1) is 12.0 Å². The van der Waals surface area contributed by atoms with E-state index in [2.05, 4.69) is 9.59 Å². The number of nitrogens with two attached hydrogens (primary N) is 1. The van der Waals surface area contributed by atoms with Crippen LogP contribution in [0.25, 0.3) is 11.3 Å². The summed E-state index contributed by atoms with van der Waals surface area (Å²) in [4.78, 5) is 1.13. The number of rotatable bonds is 4. The monoisotopic (exact) mass is 235 g/mol. The highest BCUT2D eigenvalue weighted by Crippen LogP contribution is 2.25. The van der Waals surface area contributed by atoms with Crippen molar-refractivity contribution < 1.29 is 4.74 Å². The SMILES string of the molecule is COc1ccc(-c2nnsc2CCN)cc1. The van der Waals surface area contributed by atoms with Crippen LogP contribution in [0.2, 0.25) is 0 Å². The maximum absolute atomic E-state index is 5.54. The minimum Gasteiger partial charge on any atom is -0.497 e. The topological polar surface area (TPSA) is 61.0 Å². The Balaban J connectivity index is 2.31. The lowest BCUT2D eigenvalue weighted by Crippen LogP contribution is -2.02. The van der Waals surface area contributed by atoms with Gasteiger partial charge < -0.3 is 10.5 Å². The average molecular weight is 235 g/mol. The van der Waals surface area contributed by atoms with Crippen molar-refractivity contribution in [2.45, 2.75) is 6.42 Å². The molecule has 0 fully saturated rings. The molecule has 0 aliphatic carbocycles. The molecule has 16 heavy (non-hydrogen) atoms. The van der Waals surface area contributed by atoms with E-state index in [-0.39, 0.29) is 0 Å². The standard InChI is InChI=1S/C11H13N3OS/c1-15-9-4-2-8(3-5-9)11-10(6-7-12)16-14-13-11/h2-5H,6-7,12H2,1H3. The van der Waals surface area contributed by atoms with Crippen molar-refractivity contribution in [2.24, 2.45) is 5.73 Å². The Morgan fingerprint density at radius 2 is 2.06 bits per heavy atom. The van der Waals surface area contributed by atoms with Gasteiger partial charge in [0, 0.05) is 5.56 Å². The Morgan fingerprint density at radius 3 is 2.69 bits per heavy atom. The number of benzene rings is 1. The van der Waals surface area contributed by atoms with Crippen LogP contribution in [0.4, 0.5) is 0 Å². The van der Waals surface area contributed by atoms with Crippen molar-refractivity contribution in [3.05, 3.63) is 29.1 Å². The summed E-state index contributed by atoms with van der Waals surface area (Å²) in [6.45, 7) is 0.618. The minimum absolute atomic E-state index is 0.618. The second kappa shape index (κ2) is 5.05. The summed E-state index contributed by atoms with van der Waals surface area (Å²) >= 11 is 1.41. The van der Waals surface area contributed by atoms with Crippen molar-refractivity contribution in [3.8, 4) is 17.0 Å². The number of ether oxygens (including phenoxy) is 1. The summed E-state index contributed by atoms with van der Waals surface area (Å²) < 4.78 is 9.08. The van der Waals surface area contributed by atoms with Crippen molar-refractivity contribution in [3.63, 3.8) is 0 Å². The Hall–Kier alpha value is -1.46. The average Bonchev–Trinajstić information content (AvgIpc) is 2.78.